The number of rotatable bonds is 3. The van der Waals surface area contributed by atoms with Crippen LogP contribution in [-0.4, -0.2) is 29.0 Å². The number of hydrogen-bond acceptors (Lipinski definition) is 2. The fraction of sp³-hybridized carbons (Fsp3) is 0.467. The second kappa shape index (κ2) is 7.24. The Labute approximate surface area is 125 Å². The molecule has 108 valence electrons. The normalized spacial score (nSPS) is 17.1. The molecule has 0 aromatic heterocycles. The summed E-state index contributed by atoms with van der Waals surface area (Å²) in [7, 11) is 0. The van der Waals surface area contributed by atoms with Gasteiger partial charge in [-0.3, -0.25) is 0 Å². The van der Waals surface area contributed by atoms with E-state index in [-0.39, 0.29) is 6.03 Å². The number of hydrogen-bond donors (Lipinski definition) is 2. The van der Waals surface area contributed by atoms with Gasteiger partial charge in [0.15, 0.2) is 0 Å². The van der Waals surface area contributed by atoms with Crippen molar-refractivity contribution in [1.29, 1.82) is 0 Å². The number of benzene rings is 1. The third-order valence-corrected chi connectivity index (χ3v) is 3.81. The molecular weight excluding hydrogens is 270 g/mol. The van der Waals surface area contributed by atoms with Crippen LogP contribution in [0.25, 0.3) is 0 Å². The highest BCUT2D eigenvalue weighted by Crippen LogP contribution is 2.15. The smallest absolute Gasteiger partial charge is 0.318 e. The Balaban J connectivity index is 2.04. The molecule has 1 atom stereocenters. The molecule has 1 aliphatic heterocycles. The minimum Gasteiger partial charge on any atom is -0.391 e. The standard InChI is InChI=1S/C15H21N3OS/c16-14(20)13(12-8-4-3-5-9-12)17-15(19)18-10-6-1-2-7-11-18/h3-5,8-9,13H,1-2,6-7,10-11H2,(H2,16,20)(H,17,19). The Kier molecular flexibility index (Phi) is 5.35. The molecule has 0 aliphatic carbocycles. The van der Waals surface area contributed by atoms with Crippen LogP contribution in [0.5, 0.6) is 0 Å². The minimum atomic E-state index is -0.401. The first kappa shape index (κ1) is 14.8. The molecule has 3 N–H and O–H groups in total. The molecule has 1 unspecified atom stereocenters. The molecule has 2 rings (SSSR count). The van der Waals surface area contributed by atoms with Crippen LogP contribution >= 0.6 is 12.2 Å². The van der Waals surface area contributed by atoms with Crippen molar-refractivity contribution >= 4 is 23.2 Å². The van der Waals surface area contributed by atoms with Crippen molar-refractivity contribution in [3.05, 3.63) is 35.9 Å². The largest absolute Gasteiger partial charge is 0.391 e. The topological polar surface area (TPSA) is 58.4 Å². The molecule has 1 fully saturated rings. The van der Waals surface area contributed by atoms with E-state index in [1.807, 2.05) is 35.2 Å². The molecule has 0 radical (unpaired) electrons. The average molecular weight is 291 g/mol. The molecule has 0 spiro atoms. The summed E-state index contributed by atoms with van der Waals surface area (Å²) in [4.78, 5) is 14.5. The van der Waals surface area contributed by atoms with Gasteiger partial charge < -0.3 is 16.0 Å². The highest BCUT2D eigenvalue weighted by molar-refractivity contribution is 7.80. The van der Waals surface area contributed by atoms with Gasteiger partial charge in [-0.1, -0.05) is 55.4 Å². The minimum absolute atomic E-state index is 0.0754. The van der Waals surface area contributed by atoms with Gasteiger partial charge in [0.05, 0.1) is 0 Å². The lowest BCUT2D eigenvalue weighted by Gasteiger charge is -2.25. The number of amides is 2. The van der Waals surface area contributed by atoms with Crippen molar-refractivity contribution in [3.8, 4) is 0 Å². The van der Waals surface area contributed by atoms with Crippen molar-refractivity contribution in [1.82, 2.24) is 10.2 Å². The summed E-state index contributed by atoms with van der Waals surface area (Å²) < 4.78 is 0. The third-order valence-electron chi connectivity index (χ3n) is 3.58. The number of thiocarbonyl (C=S) groups is 1. The summed E-state index contributed by atoms with van der Waals surface area (Å²) in [5, 5.41) is 2.95. The van der Waals surface area contributed by atoms with Crippen molar-refractivity contribution in [2.75, 3.05) is 13.1 Å². The zero-order chi connectivity index (χ0) is 14.4. The molecular formula is C15H21N3OS. The van der Waals surface area contributed by atoms with E-state index in [1.165, 1.54) is 12.8 Å². The van der Waals surface area contributed by atoms with Gasteiger partial charge in [0.2, 0.25) is 0 Å². The predicted octanol–water partition coefficient (Wildman–Crippen LogP) is 2.60. The van der Waals surface area contributed by atoms with Gasteiger partial charge in [0.25, 0.3) is 0 Å². The summed E-state index contributed by atoms with van der Waals surface area (Å²) in [6, 6.07) is 9.13. The Morgan fingerprint density at radius 1 is 1.15 bits per heavy atom. The Hall–Kier alpha value is -1.62. The summed E-state index contributed by atoms with van der Waals surface area (Å²) >= 11 is 5.09. The van der Waals surface area contributed by atoms with Gasteiger partial charge in [-0.05, 0) is 18.4 Å². The van der Waals surface area contributed by atoms with E-state index in [2.05, 4.69) is 5.32 Å². The molecule has 1 aliphatic rings. The van der Waals surface area contributed by atoms with E-state index in [0.29, 0.717) is 4.99 Å². The predicted molar refractivity (Wildman–Crippen MR) is 84.5 cm³/mol. The van der Waals surface area contributed by atoms with Crippen LogP contribution in [0.15, 0.2) is 30.3 Å². The highest BCUT2D eigenvalue weighted by atomic mass is 32.1. The molecule has 1 aromatic carbocycles. The fourth-order valence-electron chi connectivity index (χ4n) is 2.45. The molecule has 1 saturated heterocycles. The molecule has 1 heterocycles. The van der Waals surface area contributed by atoms with Gasteiger partial charge in [-0.2, -0.15) is 0 Å². The second-order valence-electron chi connectivity index (χ2n) is 5.10. The van der Waals surface area contributed by atoms with Crippen LogP contribution in [0, 0.1) is 0 Å². The van der Waals surface area contributed by atoms with Crippen LogP contribution < -0.4 is 11.1 Å². The zero-order valence-electron chi connectivity index (χ0n) is 11.5. The van der Waals surface area contributed by atoms with Crippen molar-refractivity contribution in [2.45, 2.75) is 31.7 Å². The summed E-state index contributed by atoms with van der Waals surface area (Å²) in [5.41, 5.74) is 6.70. The summed E-state index contributed by atoms with van der Waals surface area (Å²) in [6.07, 6.45) is 4.52. The molecule has 5 heteroatoms. The molecule has 1 aromatic rings. The second-order valence-corrected chi connectivity index (χ2v) is 5.57. The van der Waals surface area contributed by atoms with E-state index in [1.54, 1.807) is 0 Å². The maximum atomic E-state index is 12.3. The summed E-state index contributed by atoms with van der Waals surface area (Å²) in [5.74, 6) is 0. The van der Waals surface area contributed by atoms with E-state index >= 15 is 0 Å². The summed E-state index contributed by atoms with van der Waals surface area (Å²) in [6.45, 7) is 1.62. The average Bonchev–Trinajstić information content (AvgIpc) is 2.74. The lowest BCUT2D eigenvalue weighted by molar-refractivity contribution is 0.198. The maximum Gasteiger partial charge on any atom is 0.318 e. The number of urea groups is 1. The van der Waals surface area contributed by atoms with E-state index < -0.39 is 6.04 Å². The molecule has 4 nitrogen and oxygen atoms in total. The van der Waals surface area contributed by atoms with E-state index in [0.717, 1.165) is 31.5 Å². The molecule has 20 heavy (non-hydrogen) atoms. The zero-order valence-corrected chi connectivity index (χ0v) is 12.4. The number of nitrogens with one attached hydrogen (secondary N) is 1. The number of nitrogens with zero attached hydrogens (tertiary/aromatic N) is 1. The van der Waals surface area contributed by atoms with Crippen LogP contribution in [0.4, 0.5) is 4.79 Å². The van der Waals surface area contributed by atoms with Crippen LogP contribution in [0.2, 0.25) is 0 Å². The van der Waals surface area contributed by atoms with Crippen molar-refractivity contribution in [2.24, 2.45) is 5.73 Å². The van der Waals surface area contributed by atoms with Gasteiger partial charge in [0.1, 0.15) is 11.0 Å². The Bertz CT molecular complexity index is 455. The number of carbonyl (C=O) groups excluding carboxylic acids is 1. The maximum absolute atomic E-state index is 12.3. The first-order chi connectivity index (χ1) is 9.68. The fourth-order valence-corrected chi connectivity index (χ4v) is 2.65. The molecule has 0 saturated carbocycles. The number of likely N-dealkylation sites (tertiary alicyclic amines) is 1. The van der Waals surface area contributed by atoms with Crippen LogP contribution in [-0.2, 0) is 0 Å². The van der Waals surface area contributed by atoms with Gasteiger partial charge in [-0.25, -0.2) is 4.79 Å². The monoisotopic (exact) mass is 291 g/mol. The quantitative estimate of drug-likeness (QED) is 0.842. The number of carbonyl (C=O) groups is 1. The first-order valence-corrected chi connectivity index (χ1v) is 7.49. The third kappa shape index (κ3) is 3.93. The lowest BCUT2D eigenvalue weighted by Crippen LogP contribution is -2.45. The van der Waals surface area contributed by atoms with Crippen molar-refractivity contribution in [3.63, 3.8) is 0 Å². The first-order valence-electron chi connectivity index (χ1n) is 7.08. The Morgan fingerprint density at radius 2 is 1.75 bits per heavy atom. The number of nitrogens with two attached hydrogens (primary N) is 1. The van der Waals surface area contributed by atoms with Gasteiger partial charge in [0, 0.05) is 13.1 Å². The SMILES string of the molecule is NC(=S)C(NC(=O)N1CCCCCC1)c1ccccc1. The van der Waals surface area contributed by atoms with Crippen molar-refractivity contribution < 1.29 is 4.79 Å². The van der Waals surface area contributed by atoms with E-state index in [4.69, 9.17) is 18.0 Å². The molecule has 0 bridgehead atoms. The van der Waals surface area contributed by atoms with Gasteiger partial charge >= 0.3 is 6.03 Å². The van der Waals surface area contributed by atoms with E-state index in [9.17, 15) is 4.79 Å². The lowest BCUT2D eigenvalue weighted by atomic mass is 10.1. The Morgan fingerprint density at radius 3 is 2.30 bits per heavy atom. The molecule has 2 amide bonds. The van der Waals surface area contributed by atoms with Crippen LogP contribution in [0.3, 0.4) is 0 Å². The highest BCUT2D eigenvalue weighted by Gasteiger charge is 2.21. The van der Waals surface area contributed by atoms with Crippen LogP contribution in [0.1, 0.15) is 37.3 Å². The van der Waals surface area contributed by atoms with Gasteiger partial charge in [-0.15, -0.1) is 0 Å².